The summed E-state index contributed by atoms with van der Waals surface area (Å²) < 4.78 is 56.4. The molecule has 2 heterocycles. The number of nitrogens with one attached hydrogen (secondary N) is 1. The van der Waals surface area contributed by atoms with Crippen molar-refractivity contribution in [3.05, 3.63) is 94.7 Å². The molecule has 0 unspecified atom stereocenters. The van der Waals surface area contributed by atoms with Gasteiger partial charge in [0.15, 0.2) is 5.58 Å². The molecule has 1 amide bonds. The van der Waals surface area contributed by atoms with Crippen molar-refractivity contribution >= 4 is 44.7 Å². The maximum atomic E-state index is 13.0. The Bertz CT molecular complexity index is 1670. The number of aromatic nitrogens is 1. The molecule has 5 aromatic rings. The van der Waals surface area contributed by atoms with Crippen LogP contribution in [0.4, 0.5) is 18.9 Å². The van der Waals surface area contributed by atoms with Gasteiger partial charge in [0.25, 0.3) is 0 Å². The van der Waals surface area contributed by atoms with Crippen LogP contribution in [-0.4, -0.2) is 18.0 Å². The lowest BCUT2D eigenvalue weighted by Gasteiger charge is -2.07. The number of methoxy groups -OCH3 is 1. The Morgan fingerprint density at radius 2 is 1.84 bits per heavy atom. The highest BCUT2D eigenvalue weighted by atomic mass is 79.9. The van der Waals surface area contributed by atoms with E-state index in [1.807, 2.05) is 12.1 Å². The molecule has 0 bridgehead atoms. The minimum Gasteiger partial charge on any atom is -0.496 e. The number of oxazole rings is 1. The predicted molar refractivity (Wildman–Crippen MR) is 141 cm³/mol. The lowest BCUT2D eigenvalue weighted by molar-refractivity contribution is -0.137. The van der Waals surface area contributed by atoms with Crippen molar-refractivity contribution in [2.75, 3.05) is 12.4 Å². The molecule has 0 fully saturated rings. The van der Waals surface area contributed by atoms with Crippen molar-refractivity contribution in [1.29, 1.82) is 0 Å². The van der Waals surface area contributed by atoms with Crippen molar-refractivity contribution in [2.45, 2.75) is 6.18 Å². The van der Waals surface area contributed by atoms with Gasteiger partial charge in [0.1, 0.15) is 22.8 Å². The van der Waals surface area contributed by atoms with E-state index in [1.165, 1.54) is 24.3 Å². The fraction of sp³-hybridized carbons (Fsp3) is 0.0714. The summed E-state index contributed by atoms with van der Waals surface area (Å²) in [5.74, 6) is 1.25. The normalized spacial score (nSPS) is 11.8. The SMILES string of the molecule is COc1ccc(-c2nc3cc(NC(=O)/C=C/c4ccc(-c5cccc(C(F)(F)F)c5)o4)ccc3o2)cc1Br. The van der Waals surface area contributed by atoms with Crippen molar-refractivity contribution in [3.63, 3.8) is 0 Å². The topological polar surface area (TPSA) is 77.5 Å². The lowest BCUT2D eigenvalue weighted by Crippen LogP contribution is -2.07. The van der Waals surface area contributed by atoms with Gasteiger partial charge < -0.3 is 18.9 Å². The van der Waals surface area contributed by atoms with E-state index in [1.54, 1.807) is 43.5 Å². The molecule has 5 rings (SSSR count). The second kappa shape index (κ2) is 10.2. The summed E-state index contributed by atoms with van der Waals surface area (Å²) in [6, 6.07) is 18.5. The van der Waals surface area contributed by atoms with Gasteiger partial charge in [-0.25, -0.2) is 4.98 Å². The minimum absolute atomic E-state index is 0.257. The van der Waals surface area contributed by atoms with Gasteiger partial charge in [-0.2, -0.15) is 13.2 Å². The van der Waals surface area contributed by atoms with Crippen LogP contribution in [0.3, 0.4) is 0 Å². The average molecular weight is 583 g/mol. The zero-order chi connectivity index (χ0) is 26.9. The first-order valence-corrected chi connectivity index (χ1v) is 12.0. The smallest absolute Gasteiger partial charge is 0.416 e. The number of nitrogens with zero attached hydrogens (tertiary/aromatic N) is 1. The number of halogens is 4. The first-order chi connectivity index (χ1) is 18.2. The second-order valence-corrected chi connectivity index (χ2v) is 9.01. The van der Waals surface area contributed by atoms with Gasteiger partial charge in [0.05, 0.1) is 17.1 Å². The molecule has 2 aromatic heterocycles. The molecular formula is C28H18BrF3N2O4. The van der Waals surface area contributed by atoms with Crippen molar-refractivity contribution in [1.82, 2.24) is 4.98 Å². The van der Waals surface area contributed by atoms with Crippen LogP contribution in [0, 0.1) is 0 Å². The molecular weight excluding hydrogens is 565 g/mol. The van der Waals surface area contributed by atoms with Gasteiger partial charge in [-0.3, -0.25) is 4.79 Å². The van der Waals surface area contributed by atoms with E-state index in [9.17, 15) is 18.0 Å². The van der Waals surface area contributed by atoms with E-state index >= 15 is 0 Å². The monoisotopic (exact) mass is 582 g/mol. The minimum atomic E-state index is -4.45. The number of anilines is 1. The second-order valence-electron chi connectivity index (χ2n) is 8.15. The van der Waals surface area contributed by atoms with Gasteiger partial charge in [-0.1, -0.05) is 12.1 Å². The molecule has 38 heavy (non-hydrogen) atoms. The number of ether oxygens (including phenoxy) is 1. The standard InChI is InChI=1S/C28H18BrF3N2O4/c1-36-24-9-5-17(14-21(24)29)27-34-22-15-19(6-10-25(22)38-27)33-26(35)12-8-20-7-11-23(37-20)16-3-2-4-18(13-16)28(30,31)32/h2-15H,1H3,(H,33,35)/b12-8+. The summed E-state index contributed by atoms with van der Waals surface area (Å²) in [4.78, 5) is 17.0. The van der Waals surface area contributed by atoms with E-state index in [2.05, 4.69) is 26.2 Å². The molecule has 0 aliphatic carbocycles. The third kappa shape index (κ3) is 5.50. The summed E-state index contributed by atoms with van der Waals surface area (Å²) in [6.45, 7) is 0. The molecule has 0 saturated carbocycles. The van der Waals surface area contributed by atoms with Crippen molar-refractivity contribution < 1.29 is 31.5 Å². The number of amides is 1. The predicted octanol–water partition coefficient (Wildman–Crippen LogP) is 8.20. The van der Waals surface area contributed by atoms with E-state index in [0.717, 1.165) is 22.2 Å². The molecule has 0 spiro atoms. The molecule has 192 valence electrons. The largest absolute Gasteiger partial charge is 0.496 e. The Labute approximate surface area is 222 Å². The first kappa shape index (κ1) is 25.3. The number of fused-ring (bicyclic) bond motifs is 1. The van der Waals surface area contributed by atoms with E-state index in [4.69, 9.17) is 13.6 Å². The van der Waals surface area contributed by atoms with E-state index < -0.39 is 17.6 Å². The van der Waals surface area contributed by atoms with Gasteiger partial charge in [-0.15, -0.1) is 0 Å². The van der Waals surface area contributed by atoms with Gasteiger partial charge in [0, 0.05) is 22.9 Å². The zero-order valence-corrected chi connectivity index (χ0v) is 21.3. The Balaban J connectivity index is 1.27. The number of furan rings is 1. The lowest BCUT2D eigenvalue weighted by atomic mass is 10.1. The number of rotatable bonds is 6. The third-order valence-electron chi connectivity index (χ3n) is 5.55. The molecule has 0 saturated heterocycles. The molecule has 1 N–H and O–H groups in total. The van der Waals surface area contributed by atoms with Crippen molar-refractivity contribution in [3.8, 4) is 28.5 Å². The molecule has 3 aromatic carbocycles. The van der Waals surface area contributed by atoms with Crippen molar-refractivity contribution in [2.24, 2.45) is 0 Å². The molecule has 10 heteroatoms. The van der Waals surface area contributed by atoms with Gasteiger partial charge >= 0.3 is 6.18 Å². The fourth-order valence-electron chi connectivity index (χ4n) is 3.72. The summed E-state index contributed by atoms with van der Waals surface area (Å²) in [5.41, 5.74) is 1.89. The van der Waals surface area contributed by atoms with Crippen LogP contribution in [0.2, 0.25) is 0 Å². The molecule has 0 atom stereocenters. The van der Waals surface area contributed by atoms with E-state index in [-0.39, 0.29) is 11.3 Å². The average Bonchev–Trinajstić information content (AvgIpc) is 3.54. The van der Waals surface area contributed by atoms with Crippen LogP contribution in [-0.2, 0) is 11.0 Å². The third-order valence-corrected chi connectivity index (χ3v) is 6.17. The molecule has 0 aliphatic rings. The van der Waals surface area contributed by atoms with Crippen LogP contribution in [0.25, 0.3) is 40.0 Å². The molecule has 0 aliphatic heterocycles. The Kier molecular flexibility index (Phi) is 6.81. The molecule has 6 nitrogen and oxygen atoms in total. The van der Waals surface area contributed by atoms with Gasteiger partial charge in [-0.05, 0) is 82.7 Å². The van der Waals surface area contributed by atoms with Crippen LogP contribution < -0.4 is 10.1 Å². The first-order valence-electron chi connectivity index (χ1n) is 11.2. The Hall–Kier alpha value is -4.31. The maximum Gasteiger partial charge on any atom is 0.416 e. The van der Waals surface area contributed by atoms with Gasteiger partial charge in [0.2, 0.25) is 11.8 Å². The number of carbonyl (C=O) groups excluding carboxylic acids is 1. The molecule has 0 radical (unpaired) electrons. The number of benzene rings is 3. The summed E-state index contributed by atoms with van der Waals surface area (Å²) in [6.07, 6.45) is -1.75. The number of alkyl halides is 3. The van der Waals surface area contributed by atoms with E-state index in [0.29, 0.717) is 34.2 Å². The van der Waals surface area contributed by atoms with Crippen LogP contribution in [0.15, 0.2) is 92.2 Å². The van der Waals surface area contributed by atoms with Crippen LogP contribution in [0.1, 0.15) is 11.3 Å². The summed E-state index contributed by atoms with van der Waals surface area (Å²) in [7, 11) is 1.58. The highest BCUT2D eigenvalue weighted by Crippen LogP contribution is 2.34. The maximum absolute atomic E-state index is 13.0. The van der Waals surface area contributed by atoms with Crippen LogP contribution in [0.5, 0.6) is 5.75 Å². The number of hydrogen-bond donors (Lipinski definition) is 1. The highest BCUT2D eigenvalue weighted by molar-refractivity contribution is 9.10. The summed E-state index contributed by atoms with van der Waals surface area (Å²) in [5, 5.41) is 2.74. The fourth-order valence-corrected chi connectivity index (χ4v) is 4.26. The summed E-state index contributed by atoms with van der Waals surface area (Å²) >= 11 is 3.45. The van der Waals surface area contributed by atoms with Crippen LogP contribution >= 0.6 is 15.9 Å². The Morgan fingerprint density at radius 1 is 1.00 bits per heavy atom. The number of hydrogen-bond acceptors (Lipinski definition) is 5. The Morgan fingerprint density at radius 3 is 2.61 bits per heavy atom. The highest BCUT2D eigenvalue weighted by Gasteiger charge is 2.30. The zero-order valence-electron chi connectivity index (χ0n) is 19.7. The quantitative estimate of drug-likeness (QED) is 0.204. The number of carbonyl (C=O) groups is 1.